The topological polar surface area (TPSA) is 30.7 Å². The number of nitrogens with zero attached hydrogens (tertiary/aromatic N) is 3. The molecule has 0 spiro atoms. The maximum Gasteiger partial charge on any atom is 0.196 e. The van der Waals surface area contributed by atoms with E-state index in [-0.39, 0.29) is 5.69 Å². The van der Waals surface area contributed by atoms with E-state index in [9.17, 15) is 8.78 Å². The van der Waals surface area contributed by atoms with E-state index in [1.165, 1.54) is 23.9 Å². The Balaban J connectivity index is 1.76. The molecule has 28 heavy (non-hydrogen) atoms. The average molecular weight is 458 g/mol. The predicted molar refractivity (Wildman–Crippen MR) is 110 cm³/mol. The van der Waals surface area contributed by atoms with Gasteiger partial charge in [0.25, 0.3) is 0 Å². The molecule has 140 valence electrons. The highest BCUT2D eigenvalue weighted by atomic mass is 79.9. The Morgan fingerprint density at radius 3 is 2.36 bits per heavy atom. The van der Waals surface area contributed by atoms with Gasteiger partial charge in [0.1, 0.15) is 11.6 Å². The van der Waals surface area contributed by atoms with Crippen molar-refractivity contribution in [3.63, 3.8) is 0 Å². The summed E-state index contributed by atoms with van der Waals surface area (Å²) in [5, 5.41) is 9.08. The number of benzene rings is 3. The van der Waals surface area contributed by atoms with Crippen molar-refractivity contribution < 1.29 is 8.78 Å². The maximum absolute atomic E-state index is 14.6. The van der Waals surface area contributed by atoms with Gasteiger partial charge in [-0.2, -0.15) is 0 Å². The minimum absolute atomic E-state index is 0.212. The first-order chi connectivity index (χ1) is 13.6. The van der Waals surface area contributed by atoms with Crippen LogP contribution in [0.15, 0.2) is 82.4 Å². The van der Waals surface area contributed by atoms with E-state index in [1.54, 1.807) is 4.57 Å². The fourth-order valence-corrected chi connectivity index (χ4v) is 3.91. The first kappa shape index (κ1) is 18.8. The highest BCUT2D eigenvalue weighted by Crippen LogP contribution is 2.31. The van der Waals surface area contributed by atoms with Crippen molar-refractivity contribution >= 4 is 27.7 Å². The lowest BCUT2D eigenvalue weighted by Crippen LogP contribution is -2.03. The smallest absolute Gasteiger partial charge is 0.196 e. The Kier molecular flexibility index (Phi) is 5.54. The quantitative estimate of drug-likeness (QED) is 0.331. The van der Waals surface area contributed by atoms with Crippen molar-refractivity contribution in [3.05, 3.63) is 94.5 Å². The molecule has 0 saturated carbocycles. The summed E-state index contributed by atoms with van der Waals surface area (Å²) in [5.41, 5.74) is 2.11. The van der Waals surface area contributed by atoms with Gasteiger partial charge in [0.2, 0.25) is 0 Å². The van der Waals surface area contributed by atoms with Crippen LogP contribution >= 0.6 is 27.7 Å². The van der Waals surface area contributed by atoms with Gasteiger partial charge in [-0.05, 0) is 29.8 Å². The molecule has 3 nitrogen and oxygen atoms in total. The largest absolute Gasteiger partial charge is 0.267 e. The van der Waals surface area contributed by atoms with Crippen LogP contribution in [-0.2, 0) is 5.75 Å². The summed E-state index contributed by atoms with van der Waals surface area (Å²) in [6.07, 6.45) is 0. The minimum Gasteiger partial charge on any atom is -0.267 e. The van der Waals surface area contributed by atoms with Crippen LogP contribution in [0.5, 0.6) is 0 Å². The SMILES string of the molecule is Fc1ccc(-n2c(SCc3ccc(Br)cc3)nnc2-c2ccccc2)c(F)c1. The highest BCUT2D eigenvalue weighted by Gasteiger charge is 2.19. The lowest BCUT2D eigenvalue weighted by atomic mass is 10.2. The molecule has 0 N–H and O–H groups in total. The van der Waals surface area contributed by atoms with Gasteiger partial charge in [-0.1, -0.05) is 70.2 Å². The molecule has 0 aliphatic rings. The molecule has 0 atom stereocenters. The molecular formula is C21H14BrF2N3S. The molecule has 1 aromatic heterocycles. The molecule has 0 aliphatic heterocycles. The second-order valence-electron chi connectivity index (χ2n) is 6.02. The molecular weight excluding hydrogens is 444 g/mol. The van der Waals surface area contributed by atoms with E-state index in [4.69, 9.17) is 0 Å². The van der Waals surface area contributed by atoms with Crippen LogP contribution in [0.2, 0.25) is 0 Å². The van der Waals surface area contributed by atoms with Crippen LogP contribution in [0, 0.1) is 11.6 Å². The zero-order valence-electron chi connectivity index (χ0n) is 14.5. The van der Waals surface area contributed by atoms with Crippen molar-refractivity contribution in [1.82, 2.24) is 14.8 Å². The number of halogens is 3. The van der Waals surface area contributed by atoms with Crippen molar-refractivity contribution in [1.29, 1.82) is 0 Å². The van der Waals surface area contributed by atoms with Gasteiger partial charge in [0.15, 0.2) is 11.0 Å². The van der Waals surface area contributed by atoms with Gasteiger partial charge in [0, 0.05) is 21.9 Å². The van der Waals surface area contributed by atoms with E-state index in [0.717, 1.165) is 21.7 Å². The maximum atomic E-state index is 14.6. The Labute approximate surface area is 173 Å². The average Bonchev–Trinajstić information content (AvgIpc) is 3.12. The molecule has 4 rings (SSSR count). The van der Waals surface area contributed by atoms with Crippen LogP contribution in [0.25, 0.3) is 17.1 Å². The van der Waals surface area contributed by atoms with Crippen LogP contribution in [0.1, 0.15) is 5.56 Å². The fourth-order valence-electron chi connectivity index (χ4n) is 2.75. The normalized spacial score (nSPS) is 11.0. The molecule has 0 unspecified atom stereocenters. The second kappa shape index (κ2) is 8.24. The minimum atomic E-state index is -0.664. The standard InChI is InChI=1S/C21H14BrF2N3S/c22-16-8-6-14(7-9-16)13-28-21-26-25-20(15-4-2-1-3-5-15)27(21)19-11-10-17(23)12-18(19)24/h1-12H,13H2. The number of thioether (sulfide) groups is 1. The summed E-state index contributed by atoms with van der Waals surface area (Å²) < 4.78 is 30.6. The zero-order chi connectivity index (χ0) is 19.5. The molecule has 0 fully saturated rings. The van der Waals surface area contributed by atoms with Gasteiger partial charge in [0.05, 0.1) is 5.69 Å². The van der Waals surface area contributed by atoms with Crippen molar-refractivity contribution in [2.45, 2.75) is 10.9 Å². The zero-order valence-corrected chi connectivity index (χ0v) is 16.9. The highest BCUT2D eigenvalue weighted by molar-refractivity contribution is 9.10. The molecule has 0 aliphatic carbocycles. The second-order valence-corrected chi connectivity index (χ2v) is 7.88. The third kappa shape index (κ3) is 4.00. The van der Waals surface area contributed by atoms with Crippen molar-refractivity contribution in [3.8, 4) is 17.1 Å². The van der Waals surface area contributed by atoms with Gasteiger partial charge < -0.3 is 0 Å². The molecule has 3 aromatic carbocycles. The summed E-state index contributed by atoms with van der Waals surface area (Å²) in [5.74, 6) is -0.144. The van der Waals surface area contributed by atoms with Crippen LogP contribution in [-0.4, -0.2) is 14.8 Å². The number of aromatic nitrogens is 3. The monoisotopic (exact) mass is 457 g/mol. The van der Waals surface area contributed by atoms with Crippen LogP contribution < -0.4 is 0 Å². The summed E-state index contributed by atoms with van der Waals surface area (Å²) >= 11 is 4.86. The third-order valence-electron chi connectivity index (χ3n) is 4.10. The fraction of sp³-hybridized carbons (Fsp3) is 0.0476. The van der Waals surface area contributed by atoms with E-state index in [1.807, 2.05) is 54.6 Å². The predicted octanol–water partition coefficient (Wildman–Crippen LogP) is 6.27. The van der Waals surface area contributed by atoms with E-state index in [0.29, 0.717) is 16.7 Å². The van der Waals surface area contributed by atoms with Crippen molar-refractivity contribution in [2.24, 2.45) is 0 Å². The number of rotatable bonds is 5. The molecule has 0 amide bonds. The lowest BCUT2D eigenvalue weighted by molar-refractivity contribution is 0.575. The van der Waals surface area contributed by atoms with Crippen LogP contribution in [0.4, 0.5) is 8.78 Å². The van der Waals surface area contributed by atoms with Gasteiger partial charge in [-0.25, -0.2) is 8.78 Å². The first-order valence-corrected chi connectivity index (χ1v) is 10.2. The molecule has 0 radical (unpaired) electrons. The first-order valence-electron chi connectivity index (χ1n) is 8.45. The lowest BCUT2D eigenvalue weighted by Gasteiger charge is -2.11. The molecule has 1 heterocycles. The summed E-state index contributed by atoms with van der Waals surface area (Å²) in [6.45, 7) is 0. The van der Waals surface area contributed by atoms with Gasteiger partial charge >= 0.3 is 0 Å². The molecule has 7 heteroatoms. The summed E-state index contributed by atoms with van der Waals surface area (Å²) in [4.78, 5) is 0. The molecule has 0 bridgehead atoms. The van der Waals surface area contributed by atoms with E-state index < -0.39 is 11.6 Å². The molecule has 0 saturated heterocycles. The molecule has 4 aromatic rings. The Morgan fingerprint density at radius 1 is 0.893 bits per heavy atom. The van der Waals surface area contributed by atoms with E-state index in [2.05, 4.69) is 26.1 Å². The number of hydrogen-bond donors (Lipinski definition) is 0. The van der Waals surface area contributed by atoms with Crippen LogP contribution in [0.3, 0.4) is 0 Å². The third-order valence-corrected chi connectivity index (χ3v) is 5.63. The Bertz CT molecular complexity index is 1100. The number of hydrogen-bond acceptors (Lipinski definition) is 3. The van der Waals surface area contributed by atoms with E-state index >= 15 is 0 Å². The Hall–Kier alpha value is -2.51. The van der Waals surface area contributed by atoms with Gasteiger partial charge in [-0.15, -0.1) is 10.2 Å². The Morgan fingerprint density at radius 2 is 1.64 bits per heavy atom. The summed E-state index contributed by atoms with van der Waals surface area (Å²) in [7, 11) is 0. The van der Waals surface area contributed by atoms with Gasteiger partial charge in [-0.3, -0.25) is 4.57 Å². The summed E-state index contributed by atoms with van der Waals surface area (Å²) in [6, 6.07) is 20.9. The van der Waals surface area contributed by atoms with Crippen molar-refractivity contribution in [2.75, 3.05) is 0 Å².